The summed E-state index contributed by atoms with van der Waals surface area (Å²) in [6.45, 7) is 1.30. The molecule has 0 bridgehead atoms. The average molecular weight is 415 g/mol. The number of nitrogens with zero attached hydrogens (tertiary/aromatic N) is 3. The van der Waals surface area contributed by atoms with Crippen LogP contribution in [0.25, 0.3) is 11.2 Å². The van der Waals surface area contributed by atoms with Crippen molar-refractivity contribution in [2.24, 2.45) is 5.92 Å². The molecule has 158 valence electrons. The second-order valence-electron chi connectivity index (χ2n) is 9.04. The van der Waals surface area contributed by atoms with E-state index in [1.54, 1.807) is 12.4 Å². The molecule has 3 aromatic rings. The average Bonchev–Trinajstić information content (AvgIpc) is 3.73. The van der Waals surface area contributed by atoms with E-state index in [4.69, 9.17) is 4.98 Å². The first-order chi connectivity index (χ1) is 15.2. The standard InChI is InChI=1S/C24H25N5O2/c30-23(18-11-25-22-21(18)27-19(12-26-22)15-5-6-15)28-20(16-7-8-16)24(31)29-10-9-14-3-1-2-4-17(14)13-29/h1-4,11-12,15-16,20H,5-10,13H2,(H,25,26)(H,28,30). The first kappa shape index (κ1) is 18.5. The van der Waals surface area contributed by atoms with E-state index in [1.165, 1.54) is 11.1 Å². The van der Waals surface area contributed by atoms with Crippen LogP contribution in [0, 0.1) is 5.92 Å². The number of aromatic amines is 1. The lowest BCUT2D eigenvalue weighted by atomic mass is 9.99. The number of carbonyl (C=O) groups excluding carboxylic acids is 2. The Labute approximate surface area is 180 Å². The van der Waals surface area contributed by atoms with Gasteiger partial charge in [-0.25, -0.2) is 9.97 Å². The third-order valence-corrected chi connectivity index (χ3v) is 6.73. The van der Waals surface area contributed by atoms with Gasteiger partial charge >= 0.3 is 0 Å². The third kappa shape index (κ3) is 3.48. The van der Waals surface area contributed by atoms with Crippen molar-refractivity contribution in [3.8, 4) is 0 Å². The molecular weight excluding hydrogens is 390 g/mol. The molecule has 2 fully saturated rings. The van der Waals surface area contributed by atoms with Gasteiger partial charge in [0.1, 0.15) is 11.6 Å². The zero-order valence-electron chi connectivity index (χ0n) is 17.3. The van der Waals surface area contributed by atoms with Crippen molar-refractivity contribution in [2.75, 3.05) is 6.54 Å². The number of aromatic nitrogens is 3. The maximum absolute atomic E-state index is 13.4. The van der Waals surface area contributed by atoms with Crippen molar-refractivity contribution < 1.29 is 9.59 Å². The molecule has 31 heavy (non-hydrogen) atoms. The molecule has 0 radical (unpaired) electrons. The lowest BCUT2D eigenvalue weighted by molar-refractivity contribution is -0.134. The maximum atomic E-state index is 13.4. The SMILES string of the molecule is O=C(NC(C(=O)N1CCc2ccccc2C1)C1CC1)c1c[nH]c2ncc(C3CC3)nc12. The molecule has 2 aliphatic carbocycles. The Bertz CT molecular complexity index is 1180. The van der Waals surface area contributed by atoms with Gasteiger partial charge in [-0.3, -0.25) is 9.59 Å². The van der Waals surface area contributed by atoms with Crippen molar-refractivity contribution in [3.63, 3.8) is 0 Å². The van der Waals surface area contributed by atoms with Crippen LogP contribution in [-0.2, 0) is 17.8 Å². The second kappa shape index (κ2) is 7.18. The van der Waals surface area contributed by atoms with Crippen LogP contribution in [0.1, 0.15) is 58.8 Å². The fourth-order valence-electron chi connectivity index (χ4n) is 4.56. The van der Waals surface area contributed by atoms with Crippen LogP contribution in [0.15, 0.2) is 36.7 Å². The minimum absolute atomic E-state index is 0.0231. The number of nitrogens with one attached hydrogen (secondary N) is 2. The number of hydrogen-bond acceptors (Lipinski definition) is 4. The molecule has 6 rings (SSSR count). The van der Waals surface area contributed by atoms with E-state index < -0.39 is 6.04 Å². The highest BCUT2D eigenvalue weighted by molar-refractivity contribution is 6.06. The van der Waals surface area contributed by atoms with Gasteiger partial charge in [-0.1, -0.05) is 24.3 Å². The third-order valence-electron chi connectivity index (χ3n) is 6.73. The van der Waals surface area contributed by atoms with Gasteiger partial charge in [-0.15, -0.1) is 0 Å². The van der Waals surface area contributed by atoms with Crippen molar-refractivity contribution in [1.29, 1.82) is 0 Å². The van der Waals surface area contributed by atoms with Crippen LogP contribution in [0.4, 0.5) is 0 Å². The molecule has 3 heterocycles. The lowest BCUT2D eigenvalue weighted by Crippen LogP contribution is -2.51. The molecule has 1 unspecified atom stereocenters. The summed E-state index contributed by atoms with van der Waals surface area (Å²) >= 11 is 0. The van der Waals surface area contributed by atoms with Crippen LogP contribution in [-0.4, -0.2) is 44.3 Å². The molecule has 3 aliphatic rings. The highest BCUT2D eigenvalue weighted by Gasteiger charge is 2.40. The number of fused-ring (bicyclic) bond motifs is 2. The van der Waals surface area contributed by atoms with E-state index >= 15 is 0 Å². The molecule has 0 saturated heterocycles. The smallest absolute Gasteiger partial charge is 0.255 e. The van der Waals surface area contributed by atoms with Crippen molar-refractivity contribution in [3.05, 3.63) is 59.0 Å². The van der Waals surface area contributed by atoms with Gasteiger partial charge in [0.15, 0.2) is 5.65 Å². The lowest BCUT2D eigenvalue weighted by Gasteiger charge is -2.32. The van der Waals surface area contributed by atoms with Crippen LogP contribution >= 0.6 is 0 Å². The first-order valence-corrected chi connectivity index (χ1v) is 11.2. The minimum Gasteiger partial charge on any atom is -0.344 e. The van der Waals surface area contributed by atoms with Crippen LogP contribution < -0.4 is 5.32 Å². The summed E-state index contributed by atoms with van der Waals surface area (Å²) in [6.07, 6.45) is 8.51. The van der Waals surface area contributed by atoms with E-state index in [0.29, 0.717) is 35.7 Å². The summed E-state index contributed by atoms with van der Waals surface area (Å²) in [6, 6.07) is 7.79. The van der Waals surface area contributed by atoms with Crippen LogP contribution in [0.3, 0.4) is 0 Å². The number of benzene rings is 1. The molecule has 2 amide bonds. The zero-order valence-corrected chi connectivity index (χ0v) is 17.3. The molecule has 1 aromatic carbocycles. The van der Waals surface area contributed by atoms with Crippen molar-refractivity contribution in [2.45, 2.75) is 50.6 Å². The number of amides is 2. The van der Waals surface area contributed by atoms with Crippen molar-refractivity contribution >= 4 is 23.0 Å². The van der Waals surface area contributed by atoms with E-state index in [1.807, 2.05) is 17.0 Å². The summed E-state index contributed by atoms with van der Waals surface area (Å²) in [7, 11) is 0. The summed E-state index contributed by atoms with van der Waals surface area (Å²) in [4.78, 5) is 40.6. The monoisotopic (exact) mass is 415 g/mol. The summed E-state index contributed by atoms with van der Waals surface area (Å²) in [5, 5.41) is 3.04. The number of H-pyrrole nitrogens is 1. The fourth-order valence-corrected chi connectivity index (χ4v) is 4.56. The Morgan fingerprint density at radius 2 is 1.94 bits per heavy atom. The minimum atomic E-state index is -0.484. The molecule has 2 saturated carbocycles. The largest absolute Gasteiger partial charge is 0.344 e. The van der Waals surface area contributed by atoms with Gasteiger partial charge in [0.05, 0.1) is 17.5 Å². The van der Waals surface area contributed by atoms with Crippen LogP contribution in [0.5, 0.6) is 0 Å². The predicted molar refractivity (Wildman–Crippen MR) is 115 cm³/mol. The molecule has 0 spiro atoms. The van der Waals surface area contributed by atoms with E-state index in [-0.39, 0.29) is 17.7 Å². The summed E-state index contributed by atoms with van der Waals surface area (Å²) in [5.74, 6) is 0.448. The molecule has 2 aromatic heterocycles. The molecule has 7 nitrogen and oxygen atoms in total. The van der Waals surface area contributed by atoms with E-state index in [2.05, 4.69) is 27.4 Å². The Morgan fingerprint density at radius 1 is 1.13 bits per heavy atom. The van der Waals surface area contributed by atoms with E-state index in [0.717, 1.165) is 37.8 Å². The Balaban J connectivity index is 1.23. The fraction of sp³-hybridized carbons (Fsp3) is 0.417. The van der Waals surface area contributed by atoms with Gasteiger partial charge in [0, 0.05) is 25.2 Å². The normalized spacial score (nSPS) is 19.2. The Hall–Kier alpha value is -3.22. The second-order valence-corrected chi connectivity index (χ2v) is 9.04. The van der Waals surface area contributed by atoms with Gasteiger partial charge in [0.2, 0.25) is 5.91 Å². The van der Waals surface area contributed by atoms with E-state index in [9.17, 15) is 9.59 Å². The summed E-state index contributed by atoms with van der Waals surface area (Å²) in [5.41, 5.74) is 5.12. The van der Waals surface area contributed by atoms with Gasteiger partial charge in [-0.2, -0.15) is 0 Å². The molecular formula is C24H25N5O2. The van der Waals surface area contributed by atoms with Gasteiger partial charge in [0.25, 0.3) is 5.91 Å². The Kier molecular flexibility index (Phi) is 4.30. The van der Waals surface area contributed by atoms with Crippen LogP contribution in [0.2, 0.25) is 0 Å². The quantitative estimate of drug-likeness (QED) is 0.670. The number of hydrogen-bond donors (Lipinski definition) is 2. The summed E-state index contributed by atoms with van der Waals surface area (Å²) < 4.78 is 0. The topological polar surface area (TPSA) is 91.0 Å². The maximum Gasteiger partial charge on any atom is 0.255 e. The highest BCUT2D eigenvalue weighted by atomic mass is 16.2. The number of carbonyl (C=O) groups is 2. The molecule has 2 N–H and O–H groups in total. The highest BCUT2D eigenvalue weighted by Crippen LogP contribution is 2.39. The first-order valence-electron chi connectivity index (χ1n) is 11.2. The zero-order chi connectivity index (χ0) is 20.9. The van der Waals surface area contributed by atoms with Gasteiger partial charge in [-0.05, 0) is 49.1 Å². The molecule has 1 aliphatic heterocycles. The molecule has 1 atom stereocenters. The van der Waals surface area contributed by atoms with Crippen molar-refractivity contribution in [1.82, 2.24) is 25.2 Å². The van der Waals surface area contributed by atoms with Gasteiger partial charge < -0.3 is 15.2 Å². The Morgan fingerprint density at radius 3 is 2.71 bits per heavy atom. The molecule has 7 heteroatoms. The predicted octanol–water partition coefficient (Wildman–Crippen LogP) is 2.93. The number of rotatable bonds is 5.